The van der Waals surface area contributed by atoms with Gasteiger partial charge in [0.05, 0.1) is 0 Å². The van der Waals surface area contributed by atoms with Gasteiger partial charge in [0.15, 0.2) is 0 Å². The Morgan fingerprint density at radius 3 is 2.31 bits per heavy atom. The molecule has 2 N–H and O–H groups in total. The van der Waals surface area contributed by atoms with E-state index in [1.165, 1.54) is 11.3 Å². The van der Waals surface area contributed by atoms with Crippen LogP contribution in [0.15, 0.2) is 22.7 Å². The Kier molecular flexibility index (Phi) is 5.85. The molecule has 0 saturated heterocycles. The number of halogens is 1. The molecule has 16 heavy (non-hydrogen) atoms. The van der Waals surface area contributed by atoms with Gasteiger partial charge in [-0.2, -0.15) is 0 Å². The molecule has 0 atom stereocenters. The van der Waals surface area contributed by atoms with Gasteiger partial charge in [0.25, 0.3) is 0 Å². The minimum atomic E-state index is 0.604. The van der Waals surface area contributed by atoms with E-state index in [-0.39, 0.29) is 0 Å². The van der Waals surface area contributed by atoms with E-state index in [1.54, 1.807) is 0 Å². The van der Waals surface area contributed by atoms with Crippen LogP contribution in [-0.2, 0) is 6.54 Å². The van der Waals surface area contributed by atoms with Gasteiger partial charge >= 0.3 is 0 Å². The summed E-state index contributed by atoms with van der Waals surface area (Å²) in [6.45, 7) is 7.21. The molecule has 0 heterocycles. The SMILES string of the molecule is CCCN(CCC)c1cc(Br)ccc1CN. The molecule has 1 aromatic carbocycles. The molecule has 3 heteroatoms. The molecule has 0 aliphatic heterocycles. The summed E-state index contributed by atoms with van der Waals surface area (Å²) in [5, 5.41) is 0. The maximum atomic E-state index is 5.79. The van der Waals surface area contributed by atoms with Crippen molar-refractivity contribution in [3.63, 3.8) is 0 Å². The molecule has 1 rings (SSSR count). The minimum Gasteiger partial charge on any atom is -0.371 e. The Balaban J connectivity index is 3.00. The van der Waals surface area contributed by atoms with Crippen LogP contribution in [0.3, 0.4) is 0 Å². The van der Waals surface area contributed by atoms with Crippen molar-refractivity contribution >= 4 is 21.6 Å². The number of nitrogens with two attached hydrogens (primary N) is 1. The molecule has 0 unspecified atom stereocenters. The van der Waals surface area contributed by atoms with Crippen LogP contribution in [0.5, 0.6) is 0 Å². The Labute approximate surface area is 107 Å². The van der Waals surface area contributed by atoms with Crippen LogP contribution in [0.25, 0.3) is 0 Å². The fourth-order valence-corrected chi connectivity index (χ4v) is 2.25. The number of benzene rings is 1. The predicted octanol–water partition coefficient (Wildman–Crippen LogP) is 3.53. The zero-order chi connectivity index (χ0) is 12.0. The lowest BCUT2D eigenvalue weighted by atomic mass is 10.1. The van der Waals surface area contributed by atoms with E-state index in [0.29, 0.717) is 6.54 Å². The predicted molar refractivity (Wildman–Crippen MR) is 74.8 cm³/mol. The quantitative estimate of drug-likeness (QED) is 0.866. The normalized spacial score (nSPS) is 10.5. The van der Waals surface area contributed by atoms with Gasteiger partial charge in [-0.15, -0.1) is 0 Å². The van der Waals surface area contributed by atoms with Crippen LogP contribution >= 0.6 is 15.9 Å². The first-order valence-corrected chi connectivity index (χ1v) is 6.75. The lowest BCUT2D eigenvalue weighted by molar-refractivity contribution is 0.740. The largest absolute Gasteiger partial charge is 0.371 e. The van der Waals surface area contributed by atoms with Gasteiger partial charge in [-0.1, -0.05) is 35.8 Å². The molecule has 0 bridgehead atoms. The van der Waals surface area contributed by atoms with Gasteiger partial charge in [0.1, 0.15) is 0 Å². The summed E-state index contributed by atoms with van der Waals surface area (Å²) in [5.41, 5.74) is 8.29. The molecule has 0 fully saturated rings. The molecule has 0 spiro atoms. The third-order valence-electron chi connectivity index (χ3n) is 2.59. The van der Waals surface area contributed by atoms with Gasteiger partial charge in [-0.3, -0.25) is 0 Å². The number of hydrogen-bond acceptors (Lipinski definition) is 2. The van der Waals surface area contributed by atoms with Crippen molar-refractivity contribution in [2.75, 3.05) is 18.0 Å². The zero-order valence-electron chi connectivity index (χ0n) is 10.2. The van der Waals surface area contributed by atoms with Gasteiger partial charge in [0.2, 0.25) is 0 Å². The van der Waals surface area contributed by atoms with E-state index in [9.17, 15) is 0 Å². The third kappa shape index (κ3) is 3.49. The molecule has 0 aromatic heterocycles. The maximum Gasteiger partial charge on any atom is 0.0423 e. The fourth-order valence-electron chi connectivity index (χ4n) is 1.90. The van der Waals surface area contributed by atoms with Crippen molar-refractivity contribution in [3.8, 4) is 0 Å². The molecule has 1 aromatic rings. The highest BCUT2D eigenvalue weighted by Gasteiger charge is 2.09. The highest BCUT2D eigenvalue weighted by molar-refractivity contribution is 9.10. The minimum absolute atomic E-state index is 0.604. The maximum absolute atomic E-state index is 5.79. The van der Waals surface area contributed by atoms with E-state index in [1.807, 2.05) is 0 Å². The second-order valence-electron chi connectivity index (χ2n) is 3.96. The summed E-state index contributed by atoms with van der Waals surface area (Å²) in [6.07, 6.45) is 2.33. The molecule has 0 aliphatic carbocycles. The molecule has 0 aliphatic rings. The van der Waals surface area contributed by atoms with Crippen LogP contribution in [-0.4, -0.2) is 13.1 Å². The average Bonchev–Trinajstić information content (AvgIpc) is 2.29. The van der Waals surface area contributed by atoms with Crippen molar-refractivity contribution in [2.45, 2.75) is 33.2 Å². The van der Waals surface area contributed by atoms with Gasteiger partial charge in [-0.25, -0.2) is 0 Å². The number of anilines is 1. The fraction of sp³-hybridized carbons (Fsp3) is 0.538. The van der Waals surface area contributed by atoms with Gasteiger partial charge < -0.3 is 10.6 Å². The number of nitrogens with zero attached hydrogens (tertiary/aromatic N) is 1. The van der Waals surface area contributed by atoms with Gasteiger partial charge in [0, 0.05) is 29.8 Å². The third-order valence-corrected chi connectivity index (χ3v) is 3.09. The van der Waals surface area contributed by atoms with Crippen LogP contribution in [0.2, 0.25) is 0 Å². The van der Waals surface area contributed by atoms with Crippen molar-refractivity contribution in [1.82, 2.24) is 0 Å². The zero-order valence-corrected chi connectivity index (χ0v) is 11.8. The summed E-state index contributed by atoms with van der Waals surface area (Å²) >= 11 is 3.53. The standard InChI is InChI=1S/C13H21BrN2/c1-3-7-16(8-4-2)13-9-12(14)6-5-11(13)10-15/h5-6,9H,3-4,7-8,10,15H2,1-2H3. The Hall–Kier alpha value is -0.540. The first kappa shape index (κ1) is 13.5. The van der Waals surface area contributed by atoms with E-state index in [2.05, 4.69) is 52.9 Å². The summed E-state index contributed by atoms with van der Waals surface area (Å²) < 4.78 is 1.12. The number of rotatable bonds is 6. The lowest BCUT2D eigenvalue weighted by Crippen LogP contribution is -2.26. The molecule has 0 radical (unpaired) electrons. The molecule has 90 valence electrons. The highest BCUT2D eigenvalue weighted by atomic mass is 79.9. The van der Waals surface area contributed by atoms with Crippen molar-refractivity contribution in [2.24, 2.45) is 5.73 Å². The van der Waals surface area contributed by atoms with E-state index >= 15 is 0 Å². The van der Waals surface area contributed by atoms with Crippen LogP contribution in [0.1, 0.15) is 32.3 Å². The first-order valence-electron chi connectivity index (χ1n) is 5.96. The summed E-state index contributed by atoms with van der Waals surface area (Å²) in [6, 6.07) is 6.34. The van der Waals surface area contributed by atoms with Crippen molar-refractivity contribution in [1.29, 1.82) is 0 Å². The lowest BCUT2D eigenvalue weighted by Gasteiger charge is -2.26. The highest BCUT2D eigenvalue weighted by Crippen LogP contribution is 2.25. The Bertz CT molecular complexity index is 320. The van der Waals surface area contributed by atoms with Crippen molar-refractivity contribution < 1.29 is 0 Å². The van der Waals surface area contributed by atoms with Crippen LogP contribution in [0.4, 0.5) is 5.69 Å². The second kappa shape index (κ2) is 6.92. The summed E-state index contributed by atoms with van der Waals surface area (Å²) in [7, 11) is 0. The molecule has 0 amide bonds. The monoisotopic (exact) mass is 284 g/mol. The average molecular weight is 285 g/mol. The van der Waals surface area contributed by atoms with Crippen molar-refractivity contribution in [3.05, 3.63) is 28.2 Å². The van der Waals surface area contributed by atoms with Crippen LogP contribution < -0.4 is 10.6 Å². The molecule has 2 nitrogen and oxygen atoms in total. The summed E-state index contributed by atoms with van der Waals surface area (Å²) in [4.78, 5) is 2.42. The Morgan fingerprint density at radius 2 is 1.81 bits per heavy atom. The summed E-state index contributed by atoms with van der Waals surface area (Å²) in [5.74, 6) is 0. The molecular formula is C13H21BrN2. The second-order valence-corrected chi connectivity index (χ2v) is 4.88. The Morgan fingerprint density at radius 1 is 1.19 bits per heavy atom. The molecule has 0 saturated carbocycles. The van der Waals surface area contributed by atoms with Gasteiger partial charge in [-0.05, 0) is 30.5 Å². The topological polar surface area (TPSA) is 29.3 Å². The van der Waals surface area contributed by atoms with Crippen LogP contribution in [0, 0.1) is 0 Å². The van der Waals surface area contributed by atoms with E-state index in [4.69, 9.17) is 5.73 Å². The van der Waals surface area contributed by atoms with E-state index in [0.717, 1.165) is 30.4 Å². The molecular weight excluding hydrogens is 264 g/mol. The van der Waals surface area contributed by atoms with E-state index < -0.39 is 0 Å². The smallest absolute Gasteiger partial charge is 0.0423 e. The first-order chi connectivity index (χ1) is 7.72. The number of hydrogen-bond donors (Lipinski definition) is 1.